The number of esters is 1. The highest BCUT2D eigenvalue weighted by molar-refractivity contribution is 6.01. The Hall–Kier alpha value is -2.04. The van der Waals surface area contributed by atoms with E-state index >= 15 is 0 Å². The molecule has 0 bridgehead atoms. The summed E-state index contributed by atoms with van der Waals surface area (Å²) in [7, 11) is 3.07. The summed E-state index contributed by atoms with van der Waals surface area (Å²) in [5.74, 6) is -0.432. The van der Waals surface area contributed by atoms with E-state index in [1.165, 1.54) is 7.11 Å². The predicted molar refractivity (Wildman–Crippen MR) is 78.7 cm³/mol. The smallest absolute Gasteiger partial charge is 0.328 e. The predicted octanol–water partition coefficient (Wildman–Crippen LogP) is 2.05. The number of amides is 1. The van der Waals surface area contributed by atoms with Gasteiger partial charge in [-0.15, -0.1) is 0 Å². The third-order valence-electron chi connectivity index (χ3n) is 2.94. The minimum Gasteiger partial charge on any atom is -0.467 e. The van der Waals surface area contributed by atoms with Gasteiger partial charge in [0.1, 0.15) is 6.04 Å². The van der Waals surface area contributed by atoms with Crippen molar-refractivity contribution in [2.75, 3.05) is 19.5 Å². The van der Waals surface area contributed by atoms with Gasteiger partial charge in [-0.25, -0.2) is 4.79 Å². The topological polar surface area (TPSA) is 67.4 Å². The van der Waals surface area contributed by atoms with E-state index in [4.69, 9.17) is 4.74 Å². The zero-order chi connectivity index (χ0) is 15.1. The first kappa shape index (κ1) is 16.0. The molecule has 2 N–H and O–H groups in total. The molecule has 0 radical (unpaired) electrons. The molecule has 1 aromatic carbocycles. The van der Waals surface area contributed by atoms with E-state index in [0.29, 0.717) is 12.0 Å². The lowest BCUT2D eigenvalue weighted by Crippen LogP contribution is -2.42. The molecule has 1 rings (SSSR count). The molecule has 5 heteroatoms. The van der Waals surface area contributed by atoms with E-state index < -0.39 is 12.0 Å². The summed E-state index contributed by atoms with van der Waals surface area (Å²) in [6, 6.07) is 6.52. The van der Waals surface area contributed by atoms with Crippen molar-refractivity contribution >= 4 is 17.6 Å². The van der Waals surface area contributed by atoms with Gasteiger partial charge in [-0.05, 0) is 24.5 Å². The van der Waals surface area contributed by atoms with Crippen molar-refractivity contribution in [3.8, 4) is 0 Å². The number of ether oxygens (including phenoxy) is 1. The van der Waals surface area contributed by atoms with Gasteiger partial charge >= 0.3 is 5.97 Å². The maximum absolute atomic E-state index is 12.3. The number of rotatable bonds is 6. The number of carbonyl (C=O) groups excluding carboxylic acids is 2. The summed E-state index contributed by atoms with van der Waals surface area (Å²) in [5, 5.41) is 5.69. The third kappa shape index (κ3) is 4.26. The number of benzene rings is 1. The monoisotopic (exact) mass is 278 g/mol. The average Bonchev–Trinajstić information content (AvgIpc) is 2.45. The molecule has 20 heavy (non-hydrogen) atoms. The summed E-state index contributed by atoms with van der Waals surface area (Å²) >= 11 is 0. The molecular weight excluding hydrogens is 256 g/mol. The second-order valence-corrected chi connectivity index (χ2v) is 4.97. The average molecular weight is 278 g/mol. The highest BCUT2D eigenvalue weighted by atomic mass is 16.5. The van der Waals surface area contributed by atoms with Crippen molar-refractivity contribution in [1.82, 2.24) is 5.32 Å². The number of carbonyl (C=O) groups is 2. The Labute approximate surface area is 119 Å². The van der Waals surface area contributed by atoms with E-state index in [0.717, 1.165) is 5.69 Å². The van der Waals surface area contributed by atoms with Crippen LogP contribution in [0, 0.1) is 5.92 Å². The molecule has 110 valence electrons. The van der Waals surface area contributed by atoms with Gasteiger partial charge in [0.2, 0.25) is 0 Å². The van der Waals surface area contributed by atoms with Crippen molar-refractivity contribution in [3.63, 3.8) is 0 Å². The van der Waals surface area contributed by atoms with Crippen LogP contribution in [0.2, 0.25) is 0 Å². The molecule has 0 aliphatic heterocycles. The number of methoxy groups -OCH3 is 1. The van der Waals surface area contributed by atoms with Crippen molar-refractivity contribution < 1.29 is 14.3 Å². The summed E-state index contributed by atoms with van der Waals surface area (Å²) in [5.41, 5.74) is 1.23. The van der Waals surface area contributed by atoms with Crippen LogP contribution in [0.5, 0.6) is 0 Å². The molecule has 0 fully saturated rings. The maximum Gasteiger partial charge on any atom is 0.328 e. The first-order valence-corrected chi connectivity index (χ1v) is 6.65. The molecule has 0 heterocycles. The SMILES string of the molecule is CNc1ccccc1C(=O)NC(CC(C)C)C(=O)OC. The number of anilines is 1. The van der Waals surface area contributed by atoms with Crippen molar-refractivity contribution in [2.45, 2.75) is 26.3 Å². The summed E-state index contributed by atoms with van der Waals surface area (Å²) in [6.45, 7) is 3.98. The van der Waals surface area contributed by atoms with E-state index in [1.54, 1.807) is 19.2 Å². The Bertz CT molecular complexity index is 472. The molecule has 0 saturated carbocycles. The molecule has 0 saturated heterocycles. The molecule has 0 aliphatic rings. The normalized spacial score (nSPS) is 11.8. The number of hydrogen-bond donors (Lipinski definition) is 2. The molecule has 5 nitrogen and oxygen atoms in total. The summed E-state index contributed by atoms with van der Waals surface area (Å²) in [4.78, 5) is 24.0. The van der Waals surface area contributed by atoms with Gasteiger partial charge in [0.15, 0.2) is 0 Å². The van der Waals surface area contributed by atoms with E-state index in [1.807, 2.05) is 26.0 Å². The zero-order valence-corrected chi connectivity index (χ0v) is 12.4. The van der Waals surface area contributed by atoms with Gasteiger partial charge in [-0.3, -0.25) is 4.79 Å². The summed E-state index contributed by atoms with van der Waals surface area (Å²) < 4.78 is 4.74. The van der Waals surface area contributed by atoms with Gasteiger partial charge in [0.05, 0.1) is 12.7 Å². The summed E-state index contributed by atoms with van der Waals surface area (Å²) in [6.07, 6.45) is 0.542. The standard InChI is InChI=1S/C15H22N2O3/c1-10(2)9-13(15(19)20-4)17-14(18)11-7-5-6-8-12(11)16-3/h5-8,10,13,16H,9H2,1-4H3,(H,17,18). The minimum atomic E-state index is -0.627. The van der Waals surface area contributed by atoms with Crippen LogP contribution in [-0.4, -0.2) is 32.1 Å². The van der Waals surface area contributed by atoms with E-state index in [2.05, 4.69) is 10.6 Å². The Kier molecular flexibility index (Phi) is 6.03. The van der Waals surface area contributed by atoms with Crippen LogP contribution >= 0.6 is 0 Å². The van der Waals surface area contributed by atoms with Crippen molar-refractivity contribution in [2.24, 2.45) is 5.92 Å². The Balaban J connectivity index is 2.87. The fourth-order valence-electron chi connectivity index (χ4n) is 1.96. The highest BCUT2D eigenvalue weighted by Gasteiger charge is 2.23. The van der Waals surface area contributed by atoms with Crippen LogP contribution in [0.25, 0.3) is 0 Å². The molecule has 1 amide bonds. The van der Waals surface area contributed by atoms with Gasteiger partial charge in [0, 0.05) is 12.7 Å². The first-order valence-electron chi connectivity index (χ1n) is 6.65. The second-order valence-electron chi connectivity index (χ2n) is 4.97. The van der Waals surface area contributed by atoms with Crippen LogP contribution in [-0.2, 0) is 9.53 Å². The van der Waals surface area contributed by atoms with Crippen LogP contribution in [0.1, 0.15) is 30.6 Å². The van der Waals surface area contributed by atoms with Crippen LogP contribution in [0.4, 0.5) is 5.69 Å². The van der Waals surface area contributed by atoms with Gasteiger partial charge in [0.25, 0.3) is 5.91 Å². The van der Waals surface area contributed by atoms with Crippen molar-refractivity contribution in [3.05, 3.63) is 29.8 Å². The lowest BCUT2D eigenvalue weighted by atomic mass is 10.0. The fourth-order valence-corrected chi connectivity index (χ4v) is 1.96. The minimum absolute atomic E-state index is 0.277. The largest absolute Gasteiger partial charge is 0.467 e. The zero-order valence-electron chi connectivity index (χ0n) is 12.4. The molecule has 0 spiro atoms. The highest BCUT2D eigenvalue weighted by Crippen LogP contribution is 2.15. The van der Waals surface area contributed by atoms with E-state index in [9.17, 15) is 9.59 Å². The maximum atomic E-state index is 12.3. The quantitative estimate of drug-likeness (QED) is 0.781. The van der Waals surface area contributed by atoms with Gasteiger partial charge in [-0.2, -0.15) is 0 Å². The molecule has 1 atom stereocenters. The number of nitrogens with one attached hydrogen (secondary N) is 2. The Morgan fingerprint density at radius 3 is 2.45 bits per heavy atom. The van der Waals surface area contributed by atoms with Crippen LogP contribution in [0.15, 0.2) is 24.3 Å². The molecule has 1 aromatic rings. The van der Waals surface area contributed by atoms with Crippen LogP contribution < -0.4 is 10.6 Å². The first-order chi connectivity index (χ1) is 9.49. The molecule has 0 aliphatic carbocycles. The lowest BCUT2D eigenvalue weighted by molar-refractivity contribution is -0.143. The second kappa shape index (κ2) is 7.53. The lowest BCUT2D eigenvalue weighted by Gasteiger charge is -2.19. The van der Waals surface area contributed by atoms with Gasteiger partial charge in [-0.1, -0.05) is 26.0 Å². The van der Waals surface area contributed by atoms with Gasteiger partial charge < -0.3 is 15.4 Å². The van der Waals surface area contributed by atoms with E-state index in [-0.39, 0.29) is 11.8 Å². The number of hydrogen-bond acceptors (Lipinski definition) is 4. The Morgan fingerprint density at radius 1 is 1.25 bits per heavy atom. The Morgan fingerprint density at radius 2 is 1.90 bits per heavy atom. The number of para-hydroxylation sites is 1. The fraction of sp³-hybridized carbons (Fsp3) is 0.467. The van der Waals surface area contributed by atoms with Crippen molar-refractivity contribution in [1.29, 1.82) is 0 Å². The molecular formula is C15H22N2O3. The third-order valence-corrected chi connectivity index (χ3v) is 2.94. The van der Waals surface area contributed by atoms with Crippen LogP contribution in [0.3, 0.4) is 0 Å². The molecule has 1 unspecified atom stereocenters. The molecule has 0 aromatic heterocycles.